The largest absolute Gasteiger partial charge is 1.00 e. The predicted octanol–water partition coefficient (Wildman–Crippen LogP) is 2.08. The Hall–Kier alpha value is -3.20. The summed E-state index contributed by atoms with van der Waals surface area (Å²) in [6.07, 6.45) is -0.0425. The van der Waals surface area contributed by atoms with Gasteiger partial charge >= 0.3 is 29.6 Å². The van der Waals surface area contributed by atoms with E-state index < -0.39 is 34.2 Å². The predicted molar refractivity (Wildman–Crippen MR) is 142 cm³/mol. The van der Waals surface area contributed by atoms with E-state index in [0.717, 1.165) is 5.56 Å². The minimum absolute atomic E-state index is 0. The second kappa shape index (κ2) is 13.7. The van der Waals surface area contributed by atoms with Crippen LogP contribution in [0.4, 0.5) is 5.69 Å². The molecule has 12 heteroatoms. The normalized spacial score (nSPS) is 10.5. The van der Waals surface area contributed by atoms with Crippen molar-refractivity contribution in [2.45, 2.75) is 32.1 Å². The standard InChI is InChI=1S/C27H24ClN3O6S.Na/c1-4-25(32)31-38(35,36)21-6-7-23(17(3)11-21)30-26(33)15-37-24-8-5-20(28)13-22(24)27(34)19-10-16(2)9-18(12-19)14-29;/h5-13H,4,15H2,1-3H3,(H2,30,31,32,33);/q;+1/p-1. The Kier molecular flexibility index (Phi) is 11.3. The number of benzene rings is 3. The summed E-state index contributed by atoms with van der Waals surface area (Å²) in [4.78, 5) is 37.0. The maximum atomic E-state index is 13.2. The first-order chi connectivity index (χ1) is 17.9. The van der Waals surface area contributed by atoms with Crippen molar-refractivity contribution in [2.24, 2.45) is 0 Å². The third-order valence-corrected chi connectivity index (χ3v) is 6.84. The first kappa shape index (κ1) is 32.0. The van der Waals surface area contributed by atoms with Crippen LogP contribution < -0.4 is 39.6 Å². The Balaban J connectivity index is 0.00000533. The molecule has 0 radical (unpaired) electrons. The molecule has 0 spiro atoms. The number of rotatable bonds is 9. The summed E-state index contributed by atoms with van der Waals surface area (Å²) in [5.41, 5.74) is 2.21. The van der Waals surface area contributed by atoms with Crippen LogP contribution in [0.3, 0.4) is 0 Å². The molecule has 196 valence electrons. The van der Waals surface area contributed by atoms with Gasteiger partial charge in [0.1, 0.15) is 15.8 Å². The molecule has 0 fully saturated rings. The minimum atomic E-state index is -4.15. The fourth-order valence-corrected chi connectivity index (χ4v) is 4.70. The van der Waals surface area contributed by atoms with E-state index in [1.807, 2.05) is 6.07 Å². The van der Waals surface area contributed by atoms with Crippen LogP contribution >= 0.6 is 11.6 Å². The Morgan fingerprint density at radius 3 is 2.41 bits per heavy atom. The third-order valence-electron chi connectivity index (χ3n) is 5.31. The van der Waals surface area contributed by atoms with E-state index in [0.29, 0.717) is 16.8 Å². The minimum Gasteiger partial charge on any atom is -0.542 e. The maximum absolute atomic E-state index is 13.2. The third kappa shape index (κ3) is 8.39. The molecule has 9 nitrogen and oxygen atoms in total. The van der Waals surface area contributed by atoms with Gasteiger partial charge in [0, 0.05) is 16.3 Å². The van der Waals surface area contributed by atoms with Gasteiger partial charge in [0.05, 0.1) is 28.0 Å². The van der Waals surface area contributed by atoms with Crippen molar-refractivity contribution in [3.05, 3.63) is 92.2 Å². The number of carbonyl (C=O) groups excluding carboxylic acids is 3. The van der Waals surface area contributed by atoms with Gasteiger partial charge in [-0.1, -0.05) is 18.5 Å². The number of amides is 2. The van der Waals surface area contributed by atoms with E-state index in [9.17, 15) is 28.1 Å². The fraction of sp³-hybridized carbons (Fsp3) is 0.185. The van der Waals surface area contributed by atoms with Gasteiger partial charge < -0.3 is 19.6 Å². The molecule has 0 aliphatic heterocycles. The monoisotopic (exact) mass is 575 g/mol. The summed E-state index contributed by atoms with van der Waals surface area (Å²) in [5, 5.41) is 12.1. The van der Waals surface area contributed by atoms with Gasteiger partial charge in [-0.05, 0) is 86.0 Å². The Morgan fingerprint density at radius 1 is 1.05 bits per heavy atom. The number of nitriles is 1. The van der Waals surface area contributed by atoms with Crippen LogP contribution in [-0.2, 0) is 19.6 Å². The van der Waals surface area contributed by atoms with Crippen LogP contribution in [0.15, 0.2) is 59.5 Å². The van der Waals surface area contributed by atoms with Crippen molar-refractivity contribution in [3.8, 4) is 11.8 Å². The quantitative estimate of drug-likeness (QED) is 0.304. The Labute approximate surface area is 253 Å². The number of aryl methyl sites for hydroxylation is 2. The van der Waals surface area contributed by atoms with Crippen LogP contribution in [0.1, 0.15) is 46.0 Å². The Bertz CT molecular complexity index is 1580. The van der Waals surface area contributed by atoms with Gasteiger partial charge in [-0.3, -0.25) is 9.59 Å². The molecule has 0 bridgehead atoms. The molecule has 0 aromatic heterocycles. The van der Waals surface area contributed by atoms with Crippen molar-refractivity contribution in [1.29, 1.82) is 5.26 Å². The summed E-state index contributed by atoms with van der Waals surface area (Å²) in [5.74, 6) is -1.63. The van der Waals surface area contributed by atoms with Gasteiger partial charge in [0.15, 0.2) is 12.4 Å². The number of sulfonamides is 1. The van der Waals surface area contributed by atoms with E-state index in [2.05, 4.69) is 10.0 Å². The number of carbonyl (C=O) groups is 3. The SMILES string of the molecule is CCC(=O)[N-]S(=O)(=O)c1ccc(NC(=O)COc2ccc(Cl)cc2C(=O)c2cc(C)cc(C#N)c2)c(C)c1.[Na+]. The number of ketones is 1. The molecule has 3 rings (SSSR count). The molecule has 1 N–H and O–H groups in total. The molecule has 0 unspecified atom stereocenters. The molecule has 0 aliphatic rings. The number of halogens is 1. The smallest absolute Gasteiger partial charge is 0.542 e. The zero-order valence-corrected chi connectivity index (χ0v) is 25.3. The summed E-state index contributed by atoms with van der Waals surface area (Å²) < 4.78 is 33.4. The molecular weight excluding hydrogens is 553 g/mol. The van der Waals surface area contributed by atoms with E-state index in [4.69, 9.17) is 16.3 Å². The average molecular weight is 576 g/mol. The summed E-state index contributed by atoms with van der Waals surface area (Å²) in [6, 6.07) is 15.1. The van der Waals surface area contributed by atoms with E-state index in [1.54, 1.807) is 26.0 Å². The van der Waals surface area contributed by atoms with Gasteiger partial charge in [-0.15, -0.1) is 0 Å². The Morgan fingerprint density at radius 2 is 1.77 bits per heavy atom. The number of hydrogen-bond donors (Lipinski definition) is 1. The topological polar surface area (TPSA) is 144 Å². The van der Waals surface area contributed by atoms with E-state index in [1.165, 1.54) is 49.4 Å². The van der Waals surface area contributed by atoms with Crippen LogP contribution in [0.5, 0.6) is 5.75 Å². The molecule has 0 atom stereocenters. The van der Waals surface area contributed by atoms with Crippen LogP contribution in [0, 0.1) is 25.2 Å². The molecule has 0 aliphatic carbocycles. The van der Waals surface area contributed by atoms with E-state index in [-0.39, 0.29) is 62.8 Å². The molecule has 0 heterocycles. The average Bonchev–Trinajstić information content (AvgIpc) is 2.87. The number of hydrogen-bond acceptors (Lipinski definition) is 7. The van der Waals surface area contributed by atoms with Crippen LogP contribution in [-0.4, -0.2) is 32.6 Å². The van der Waals surface area contributed by atoms with Gasteiger partial charge in [-0.2, -0.15) is 5.26 Å². The second-order valence-electron chi connectivity index (χ2n) is 8.30. The zero-order valence-electron chi connectivity index (χ0n) is 21.7. The fourth-order valence-electron chi connectivity index (χ4n) is 3.46. The number of nitrogens with zero attached hydrogens (tertiary/aromatic N) is 2. The first-order valence-electron chi connectivity index (χ1n) is 11.3. The maximum Gasteiger partial charge on any atom is 1.00 e. The number of anilines is 1. The molecule has 3 aromatic rings. The van der Waals surface area contributed by atoms with Crippen LogP contribution in [0.2, 0.25) is 5.02 Å². The van der Waals surface area contributed by atoms with Crippen molar-refractivity contribution in [2.75, 3.05) is 11.9 Å². The number of ether oxygens (including phenoxy) is 1. The number of nitrogens with one attached hydrogen (secondary N) is 1. The van der Waals surface area contributed by atoms with Gasteiger partial charge in [0.2, 0.25) is 0 Å². The first-order valence-corrected chi connectivity index (χ1v) is 13.2. The second-order valence-corrected chi connectivity index (χ2v) is 10.3. The van der Waals surface area contributed by atoms with Crippen molar-refractivity contribution in [3.63, 3.8) is 0 Å². The molecule has 0 saturated carbocycles. The summed E-state index contributed by atoms with van der Waals surface area (Å²) in [6.45, 7) is 4.40. The van der Waals surface area contributed by atoms with Crippen molar-refractivity contribution >= 4 is 44.9 Å². The van der Waals surface area contributed by atoms with Crippen molar-refractivity contribution in [1.82, 2.24) is 0 Å². The zero-order chi connectivity index (χ0) is 28.0. The molecule has 3 aromatic carbocycles. The molecule has 0 saturated heterocycles. The molecule has 2 amide bonds. The van der Waals surface area contributed by atoms with Crippen molar-refractivity contribution < 1.29 is 57.1 Å². The van der Waals surface area contributed by atoms with Crippen LogP contribution in [0.25, 0.3) is 4.72 Å². The summed E-state index contributed by atoms with van der Waals surface area (Å²) >= 11 is 6.10. The molecule has 39 heavy (non-hydrogen) atoms. The van der Waals surface area contributed by atoms with Gasteiger partial charge in [0.25, 0.3) is 5.91 Å². The summed E-state index contributed by atoms with van der Waals surface area (Å²) in [7, 11) is -4.15. The molecular formula is C27H23ClN3NaO6S. The van der Waals surface area contributed by atoms with Gasteiger partial charge in [-0.25, -0.2) is 8.42 Å². The van der Waals surface area contributed by atoms with E-state index >= 15 is 0 Å².